The van der Waals surface area contributed by atoms with E-state index < -0.39 is 24.2 Å². The summed E-state index contributed by atoms with van der Waals surface area (Å²) in [5.41, 5.74) is 0. The van der Waals surface area contributed by atoms with Crippen LogP contribution in [0.1, 0.15) is 277 Å². The summed E-state index contributed by atoms with van der Waals surface area (Å²) in [6.45, 7) is 4.18. The molecule has 5 nitrogen and oxygen atoms in total. The minimum atomic E-state index is -1.11. The number of aliphatic hydroxyl groups excluding tert-OH is 3. The predicted octanol–water partition coefficient (Wildman–Crippen LogP) is 15.9. The Morgan fingerprint density at radius 2 is 0.695 bits per heavy atom. The molecule has 0 aliphatic carbocycles. The van der Waals surface area contributed by atoms with E-state index in [1.54, 1.807) is 6.08 Å². The van der Waals surface area contributed by atoms with Crippen LogP contribution in [-0.4, -0.2) is 46.1 Å². The fourth-order valence-electron chi connectivity index (χ4n) is 8.10. The van der Waals surface area contributed by atoms with Gasteiger partial charge in [-0.1, -0.05) is 269 Å². The normalized spacial score (nSPS) is 13.6. The molecule has 4 N–H and O–H groups in total. The van der Waals surface area contributed by atoms with Gasteiger partial charge in [-0.15, -0.1) is 0 Å². The average Bonchev–Trinajstić information content (AvgIpc) is 3.24. The fraction of sp³-hybridized carbons (Fsp3) is 0.870. The number of nitrogens with one attached hydrogen (secondary N) is 1. The lowest BCUT2D eigenvalue weighted by atomic mass is 10.0. The van der Waals surface area contributed by atoms with E-state index in [1.165, 1.54) is 212 Å². The van der Waals surface area contributed by atoms with Gasteiger partial charge in [0.1, 0.15) is 6.10 Å². The lowest BCUT2D eigenvalue weighted by Gasteiger charge is -2.21. The molecule has 0 aliphatic rings. The summed E-state index contributed by atoms with van der Waals surface area (Å²) < 4.78 is 0. The van der Waals surface area contributed by atoms with Crippen LogP contribution in [0.15, 0.2) is 36.5 Å². The van der Waals surface area contributed by atoms with Crippen molar-refractivity contribution in [2.24, 2.45) is 0 Å². The second-order valence-electron chi connectivity index (χ2n) is 18.1. The van der Waals surface area contributed by atoms with Crippen LogP contribution in [0.25, 0.3) is 0 Å². The lowest BCUT2D eigenvalue weighted by molar-refractivity contribution is -0.131. The van der Waals surface area contributed by atoms with Crippen molar-refractivity contribution < 1.29 is 20.1 Å². The number of hydrogen-bond acceptors (Lipinski definition) is 4. The minimum absolute atomic E-state index is 0.379. The first-order chi connectivity index (χ1) is 29.1. The molecule has 348 valence electrons. The van der Waals surface area contributed by atoms with Crippen LogP contribution in [0.3, 0.4) is 0 Å². The first-order valence-corrected chi connectivity index (χ1v) is 26.3. The van der Waals surface area contributed by atoms with Gasteiger partial charge < -0.3 is 20.6 Å². The highest BCUT2D eigenvalue weighted by Gasteiger charge is 2.22. The lowest BCUT2D eigenvalue weighted by Crippen LogP contribution is -2.48. The number of unbranched alkanes of at least 4 members (excludes halogenated alkanes) is 36. The zero-order valence-electron chi connectivity index (χ0n) is 39.6. The van der Waals surface area contributed by atoms with Crippen LogP contribution in [0, 0.1) is 0 Å². The molecule has 59 heavy (non-hydrogen) atoms. The van der Waals surface area contributed by atoms with Crippen molar-refractivity contribution >= 4 is 5.91 Å². The van der Waals surface area contributed by atoms with Gasteiger partial charge in [0.15, 0.2) is 0 Å². The van der Waals surface area contributed by atoms with Crippen LogP contribution in [-0.2, 0) is 4.79 Å². The first-order valence-electron chi connectivity index (χ1n) is 26.3. The SMILES string of the molecule is CCCCCCCCC/C=C/CC/C=C/CC/C=C/C(O)C(CO)NC(=O)C(O)CCCCCCCCCCCCCCCCCCCCCCCCCCCCCC. The number of carbonyl (C=O) groups is 1. The molecule has 0 aromatic rings. The third-order valence-corrected chi connectivity index (χ3v) is 12.2. The zero-order valence-corrected chi connectivity index (χ0v) is 39.6. The maximum absolute atomic E-state index is 12.5. The molecule has 0 bridgehead atoms. The van der Waals surface area contributed by atoms with E-state index in [4.69, 9.17) is 0 Å². The molecule has 0 spiro atoms. The Balaban J connectivity index is 3.58. The fourth-order valence-corrected chi connectivity index (χ4v) is 8.10. The summed E-state index contributed by atoms with van der Waals surface area (Å²) in [7, 11) is 0. The van der Waals surface area contributed by atoms with E-state index in [1.807, 2.05) is 6.08 Å². The summed E-state index contributed by atoms with van der Waals surface area (Å²) in [6, 6.07) is -0.819. The second-order valence-corrected chi connectivity index (χ2v) is 18.1. The molecule has 0 rings (SSSR count). The first kappa shape index (κ1) is 57.6. The van der Waals surface area contributed by atoms with E-state index in [9.17, 15) is 20.1 Å². The van der Waals surface area contributed by atoms with Gasteiger partial charge in [0.2, 0.25) is 5.91 Å². The Labute approximate surface area is 368 Å². The van der Waals surface area contributed by atoms with Gasteiger partial charge in [0.25, 0.3) is 0 Å². The molecule has 0 heterocycles. The maximum Gasteiger partial charge on any atom is 0.249 e. The number of aliphatic hydroxyl groups is 3. The Bertz CT molecular complexity index is 916. The summed E-state index contributed by atoms with van der Waals surface area (Å²) >= 11 is 0. The van der Waals surface area contributed by atoms with E-state index in [-0.39, 0.29) is 6.61 Å². The van der Waals surface area contributed by atoms with Crippen molar-refractivity contribution in [3.63, 3.8) is 0 Å². The van der Waals surface area contributed by atoms with Crippen molar-refractivity contribution in [3.8, 4) is 0 Å². The van der Waals surface area contributed by atoms with Crippen LogP contribution in [0.2, 0.25) is 0 Å². The van der Waals surface area contributed by atoms with E-state index in [0.29, 0.717) is 6.42 Å². The van der Waals surface area contributed by atoms with Gasteiger partial charge in [-0.3, -0.25) is 4.79 Å². The number of amides is 1. The highest BCUT2D eigenvalue weighted by atomic mass is 16.3. The molecule has 5 heteroatoms. The number of carbonyl (C=O) groups excluding carboxylic acids is 1. The van der Waals surface area contributed by atoms with Crippen molar-refractivity contribution in [2.45, 2.75) is 295 Å². The smallest absolute Gasteiger partial charge is 0.249 e. The Hall–Kier alpha value is -1.43. The van der Waals surface area contributed by atoms with Gasteiger partial charge in [-0.05, 0) is 44.9 Å². The Morgan fingerprint density at radius 1 is 0.407 bits per heavy atom. The maximum atomic E-state index is 12.5. The summed E-state index contributed by atoms with van der Waals surface area (Å²) in [5, 5.41) is 33.2. The average molecular weight is 830 g/mol. The van der Waals surface area contributed by atoms with Gasteiger partial charge in [-0.2, -0.15) is 0 Å². The van der Waals surface area contributed by atoms with Crippen molar-refractivity contribution in [1.29, 1.82) is 0 Å². The minimum Gasteiger partial charge on any atom is -0.394 e. The van der Waals surface area contributed by atoms with Crippen LogP contribution in [0.5, 0.6) is 0 Å². The Kier molecular flexibility index (Phi) is 48.0. The molecule has 0 fully saturated rings. The van der Waals surface area contributed by atoms with Crippen LogP contribution >= 0.6 is 0 Å². The van der Waals surface area contributed by atoms with Crippen molar-refractivity contribution in [1.82, 2.24) is 5.32 Å². The quantitative estimate of drug-likeness (QED) is 0.0363. The molecular weight excluding hydrogens is 727 g/mol. The molecule has 3 unspecified atom stereocenters. The van der Waals surface area contributed by atoms with Gasteiger partial charge >= 0.3 is 0 Å². The molecule has 0 aliphatic heterocycles. The molecule has 0 aromatic heterocycles. The number of hydrogen-bond donors (Lipinski definition) is 4. The molecule has 0 saturated carbocycles. The third kappa shape index (κ3) is 44.4. The topological polar surface area (TPSA) is 89.8 Å². The van der Waals surface area contributed by atoms with Gasteiger partial charge in [0.05, 0.1) is 18.8 Å². The number of allylic oxidation sites excluding steroid dienone is 5. The van der Waals surface area contributed by atoms with Crippen LogP contribution < -0.4 is 5.32 Å². The standard InChI is InChI=1S/C54H103NO4/c1-3-5-7-9-11-13-15-17-19-21-22-23-24-25-26-27-28-29-30-31-33-35-37-39-41-43-45-47-49-53(58)54(59)55-51(50-56)52(57)48-46-44-42-40-38-36-34-32-20-18-16-14-12-10-8-6-4-2/h20,32,38,40,46,48,51-53,56-58H,3-19,21-31,33-37,39,41-45,47,49-50H2,1-2H3,(H,55,59)/b32-20+,40-38+,48-46+. The highest BCUT2D eigenvalue weighted by molar-refractivity contribution is 5.80. The van der Waals surface area contributed by atoms with E-state index >= 15 is 0 Å². The monoisotopic (exact) mass is 830 g/mol. The highest BCUT2D eigenvalue weighted by Crippen LogP contribution is 2.17. The third-order valence-electron chi connectivity index (χ3n) is 12.2. The van der Waals surface area contributed by atoms with E-state index in [2.05, 4.69) is 43.5 Å². The zero-order chi connectivity index (χ0) is 43.0. The Morgan fingerprint density at radius 3 is 1.03 bits per heavy atom. The van der Waals surface area contributed by atoms with Crippen molar-refractivity contribution in [2.75, 3.05) is 6.61 Å². The summed E-state index contributed by atoms with van der Waals surface area (Å²) in [5.74, 6) is -0.513. The molecule has 3 atom stereocenters. The summed E-state index contributed by atoms with van der Waals surface area (Å²) in [6.07, 6.45) is 63.6. The van der Waals surface area contributed by atoms with Gasteiger partial charge in [0, 0.05) is 0 Å². The molecule has 0 radical (unpaired) electrons. The molecule has 1 amide bonds. The van der Waals surface area contributed by atoms with Gasteiger partial charge in [-0.25, -0.2) is 0 Å². The predicted molar refractivity (Wildman–Crippen MR) is 259 cm³/mol. The largest absolute Gasteiger partial charge is 0.394 e. The van der Waals surface area contributed by atoms with E-state index in [0.717, 1.165) is 44.9 Å². The molecule has 0 aromatic carbocycles. The second kappa shape index (κ2) is 49.2. The molecular formula is C54H103NO4. The van der Waals surface area contributed by atoms with Crippen molar-refractivity contribution in [3.05, 3.63) is 36.5 Å². The summed E-state index contributed by atoms with van der Waals surface area (Å²) in [4.78, 5) is 12.5. The molecule has 0 saturated heterocycles. The van der Waals surface area contributed by atoms with Crippen LogP contribution in [0.4, 0.5) is 0 Å². The number of rotatable bonds is 48.